The molecule has 0 unspecified atom stereocenters. The van der Waals surface area contributed by atoms with Gasteiger partial charge in [0.2, 0.25) is 21.8 Å². The molecule has 1 rings (SSSR count). The van der Waals surface area contributed by atoms with Crippen molar-refractivity contribution in [2.75, 3.05) is 36.4 Å². The zero-order valence-corrected chi connectivity index (χ0v) is 16.7. The molecule has 0 aromatic heterocycles. The maximum absolute atomic E-state index is 12.2. The van der Waals surface area contributed by atoms with Crippen molar-refractivity contribution in [2.45, 2.75) is 32.7 Å². The van der Waals surface area contributed by atoms with Gasteiger partial charge in [0.1, 0.15) is 0 Å². The van der Waals surface area contributed by atoms with Gasteiger partial charge in [0, 0.05) is 31.1 Å². The molecule has 2 amide bonds. The van der Waals surface area contributed by atoms with E-state index in [2.05, 4.69) is 15.4 Å². The van der Waals surface area contributed by atoms with Gasteiger partial charge < -0.3 is 15.5 Å². The molecule has 3 N–H and O–H groups in total. The molecule has 0 bridgehead atoms. The third-order valence-corrected chi connectivity index (χ3v) is 5.27. The Labute approximate surface area is 155 Å². The van der Waals surface area contributed by atoms with Crippen LogP contribution in [0.2, 0.25) is 0 Å². The molecule has 26 heavy (non-hydrogen) atoms. The summed E-state index contributed by atoms with van der Waals surface area (Å²) in [6.45, 7) is 5.75. The van der Waals surface area contributed by atoms with Crippen molar-refractivity contribution >= 4 is 33.2 Å². The second-order valence-corrected chi connectivity index (χ2v) is 8.76. The number of benzene rings is 1. The average molecular weight is 385 g/mol. The first-order valence-electron chi connectivity index (χ1n) is 8.23. The molecule has 0 spiro atoms. The molecular formula is C17H28N4O4S. The molecule has 0 atom stereocenters. The summed E-state index contributed by atoms with van der Waals surface area (Å²) in [5, 5.41) is 5.33. The van der Waals surface area contributed by atoms with Crippen molar-refractivity contribution in [3.8, 4) is 0 Å². The second-order valence-electron chi connectivity index (χ2n) is 6.92. The summed E-state index contributed by atoms with van der Waals surface area (Å²) in [4.78, 5) is 25.0. The summed E-state index contributed by atoms with van der Waals surface area (Å²) >= 11 is 0. The van der Waals surface area contributed by atoms with Crippen LogP contribution in [0.4, 0.5) is 11.4 Å². The van der Waals surface area contributed by atoms with Crippen LogP contribution in [-0.2, 0) is 19.6 Å². The summed E-state index contributed by atoms with van der Waals surface area (Å²) in [6, 6.07) is 6.36. The first-order chi connectivity index (χ1) is 11.9. The SMILES string of the molecule is CC(=O)Nc1cccc(NS(=O)(=O)CCC(=O)NCC(C)(C)N(C)C)c1. The second kappa shape index (κ2) is 9.00. The third-order valence-electron chi connectivity index (χ3n) is 3.98. The molecule has 146 valence electrons. The van der Waals surface area contributed by atoms with Gasteiger partial charge in [0.15, 0.2) is 0 Å². The number of carbonyl (C=O) groups excluding carboxylic acids is 2. The van der Waals surface area contributed by atoms with E-state index >= 15 is 0 Å². The van der Waals surface area contributed by atoms with Crippen LogP contribution >= 0.6 is 0 Å². The fourth-order valence-electron chi connectivity index (χ4n) is 1.88. The predicted molar refractivity (Wildman–Crippen MR) is 104 cm³/mol. The molecule has 8 nitrogen and oxygen atoms in total. The Kier molecular flexibility index (Phi) is 7.58. The van der Waals surface area contributed by atoms with Crippen LogP contribution in [0.5, 0.6) is 0 Å². The molecule has 0 saturated heterocycles. The standard InChI is InChI=1S/C17H28N4O4S/c1-13(22)19-14-7-6-8-15(11-14)20-26(24,25)10-9-16(23)18-12-17(2,3)21(4)5/h6-8,11,20H,9-10,12H2,1-5H3,(H,18,23)(H,19,22). The van der Waals surface area contributed by atoms with Crippen LogP contribution in [0.1, 0.15) is 27.2 Å². The number of likely N-dealkylation sites (N-methyl/N-ethyl adjacent to an activating group) is 1. The Morgan fingerprint density at radius 1 is 1.15 bits per heavy atom. The van der Waals surface area contributed by atoms with Crippen LogP contribution in [0, 0.1) is 0 Å². The summed E-state index contributed by atoms with van der Waals surface area (Å²) in [6.07, 6.45) is -0.135. The van der Waals surface area contributed by atoms with Crippen molar-refractivity contribution in [3.05, 3.63) is 24.3 Å². The zero-order valence-electron chi connectivity index (χ0n) is 15.9. The Hall–Kier alpha value is -2.13. The molecule has 0 fully saturated rings. The lowest BCUT2D eigenvalue weighted by atomic mass is 10.0. The van der Waals surface area contributed by atoms with Crippen LogP contribution in [0.15, 0.2) is 24.3 Å². The van der Waals surface area contributed by atoms with Gasteiger partial charge in [-0.15, -0.1) is 0 Å². The van der Waals surface area contributed by atoms with Crippen molar-refractivity contribution in [1.82, 2.24) is 10.2 Å². The number of anilines is 2. The molecule has 1 aromatic rings. The number of carbonyl (C=O) groups is 2. The van der Waals surface area contributed by atoms with Crippen LogP contribution in [0.25, 0.3) is 0 Å². The van der Waals surface area contributed by atoms with Crippen LogP contribution < -0.4 is 15.4 Å². The highest BCUT2D eigenvalue weighted by molar-refractivity contribution is 7.92. The quantitative estimate of drug-likeness (QED) is 0.594. The highest BCUT2D eigenvalue weighted by Gasteiger charge is 2.21. The van der Waals surface area contributed by atoms with E-state index in [1.54, 1.807) is 18.2 Å². The molecule has 0 saturated carbocycles. The number of nitrogens with zero attached hydrogens (tertiary/aromatic N) is 1. The van der Waals surface area contributed by atoms with Crippen LogP contribution in [0.3, 0.4) is 0 Å². The normalized spacial score (nSPS) is 11.9. The largest absolute Gasteiger partial charge is 0.354 e. The van der Waals surface area contributed by atoms with Crippen molar-refractivity contribution in [2.24, 2.45) is 0 Å². The third kappa shape index (κ3) is 7.83. The van der Waals surface area contributed by atoms with Gasteiger partial charge in [0.05, 0.1) is 11.4 Å². The molecule has 0 aliphatic heterocycles. The predicted octanol–water partition coefficient (Wildman–Crippen LogP) is 1.23. The van der Waals surface area contributed by atoms with Crippen LogP contribution in [-0.4, -0.2) is 57.1 Å². The molecular weight excluding hydrogens is 356 g/mol. The fourth-order valence-corrected chi connectivity index (χ4v) is 2.93. The zero-order chi connectivity index (χ0) is 20.0. The summed E-state index contributed by atoms with van der Waals surface area (Å²) < 4.78 is 26.7. The number of hydrogen-bond acceptors (Lipinski definition) is 5. The Morgan fingerprint density at radius 3 is 2.35 bits per heavy atom. The minimum Gasteiger partial charge on any atom is -0.354 e. The number of nitrogens with one attached hydrogen (secondary N) is 3. The topological polar surface area (TPSA) is 108 Å². The lowest BCUT2D eigenvalue weighted by Gasteiger charge is -2.32. The van der Waals surface area contributed by atoms with Crippen molar-refractivity contribution in [3.63, 3.8) is 0 Å². The van der Waals surface area contributed by atoms with Gasteiger partial charge in [-0.05, 0) is 46.1 Å². The summed E-state index contributed by atoms with van der Waals surface area (Å²) in [5.74, 6) is -0.898. The van der Waals surface area contributed by atoms with Gasteiger partial charge >= 0.3 is 0 Å². The lowest BCUT2D eigenvalue weighted by Crippen LogP contribution is -2.48. The number of amides is 2. The lowest BCUT2D eigenvalue weighted by molar-refractivity contribution is -0.121. The molecule has 0 radical (unpaired) electrons. The van der Waals surface area contributed by atoms with E-state index in [0.717, 1.165) is 0 Å². The molecule has 1 aromatic carbocycles. The number of sulfonamides is 1. The molecule has 0 aliphatic carbocycles. The van der Waals surface area contributed by atoms with E-state index in [1.165, 1.54) is 13.0 Å². The maximum atomic E-state index is 12.2. The van der Waals surface area contributed by atoms with E-state index in [4.69, 9.17) is 0 Å². The van der Waals surface area contributed by atoms with Gasteiger partial charge in [-0.25, -0.2) is 8.42 Å². The first kappa shape index (κ1) is 21.9. The van der Waals surface area contributed by atoms with E-state index in [0.29, 0.717) is 17.9 Å². The first-order valence-corrected chi connectivity index (χ1v) is 9.89. The number of hydrogen-bond donors (Lipinski definition) is 3. The highest BCUT2D eigenvalue weighted by Crippen LogP contribution is 2.16. The molecule has 0 heterocycles. The van der Waals surface area contributed by atoms with E-state index in [-0.39, 0.29) is 29.5 Å². The van der Waals surface area contributed by atoms with Gasteiger partial charge in [-0.1, -0.05) is 6.07 Å². The minimum absolute atomic E-state index is 0.135. The summed E-state index contributed by atoms with van der Waals surface area (Å²) in [7, 11) is 0.146. The van der Waals surface area contributed by atoms with Crippen molar-refractivity contribution < 1.29 is 18.0 Å². The Morgan fingerprint density at radius 2 is 1.77 bits per heavy atom. The smallest absolute Gasteiger partial charge is 0.233 e. The minimum atomic E-state index is -3.68. The van der Waals surface area contributed by atoms with Gasteiger partial charge in [-0.3, -0.25) is 14.3 Å². The van der Waals surface area contributed by atoms with Crippen molar-refractivity contribution in [1.29, 1.82) is 0 Å². The molecule has 9 heteroatoms. The number of rotatable bonds is 9. The maximum Gasteiger partial charge on any atom is 0.233 e. The average Bonchev–Trinajstić information content (AvgIpc) is 2.50. The Bertz CT molecular complexity index is 745. The summed E-state index contributed by atoms with van der Waals surface area (Å²) in [5.41, 5.74) is 0.587. The van der Waals surface area contributed by atoms with Gasteiger partial charge in [0.25, 0.3) is 0 Å². The van der Waals surface area contributed by atoms with E-state index < -0.39 is 10.0 Å². The van der Waals surface area contributed by atoms with E-state index in [1.807, 2.05) is 32.8 Å². The monoisotopic (exact) mass is 384 g/mol. The van der Waals surface area contributed by atoms with E-state index in [9.17, 15) is 18.0 Å². The fraction of sp³-hybridized carbons (Fsp3) is 0.529. The Balaban J connectivity index is 2.56. The highest BCUT2D eigenvalue weighted by atomic mass is 32.2. The van der Waals surface area contributed by atoms with Gasteiger partial charge in [-0.2, -0.15) is 0 Å². The molecule has 0 aliphatic rings.